The second-order valence-corrected chi connectivity index (χ2v) is 6.03. The zero-order valence-corrected chi connectivity index (χ0v) is 10.8. The lowest BCUT2D eigenvalue weighted by Gasteiger charge is -2.27. The minimum atomic E-state index is -0.810. The van der Waals surface area contributed by atoms with E-state index in [0.29, 0.717) is 18.9 Å². The Morgan fingerprint density at radius 3 is 2.07 bits per heavy atom. The monoisotopic (exact) mass is 215 g/mol. The molecule has 0 rings (SSSR count). The van der Waals surface area contributed by atoms with Gasteiger partial charge in [-0.25, -0.2) is 0 Å². The molecule has 1 unspecified atom stereocenters. The molecule has 0 bridgehead atoms. The average Bonchev–Trinajstić information content (AvgIpc) is 1.95. The summed E-state index contributed by atoms with van der Waals surface area (Å²) < 4.78 is 0. The highest BCUT2D eigenvalue weighted by Gasteiger charge is 2.26. The van der Waals surface area contributed by atoms with Crippen molar-refractivity contribution in [3.8, 4) is 0 Å². The van der Waals surface area contributed by atoms with Crippen LogP contribution in [0.2, 0.25) is 0 Å². The first-order valence-corrected chi connectivity index (χ1v) is 5.55. The molecule has 90 valence electrons. The summed E-state index contributed by atoms with van der Waals surface area (Å²) >= 11 is 0. The van der Waals surface area contributed by atoms with Crippen LogP contribution in [0.5, 0.6) is 0 Å². The highest BCUT2D eigenvalue weighted by molar-refractivity contribution is 5.81. The Hall–Kier alpha value is -0.570. The molecule has 0 aromatic rings. The van der Waals surface area contributed by atoms with Crippen molar-refractivity contribution < 1.29 is 9.90 Å². The number of hydrogen-bond acceptors (Lipinski definition) is 2. The summed E-state index contributed by atoms with van der Waals surface area (Å²) in [6.07, 6.45) is 0.692. The summed E-state index contributed by atoms with van der Waals surface area (Å²) in [4.78, 5) is 11.6. The standard InChI is InChI=1S/C12H25NO2/c1-9(2)7-12(6,15)8-13-10(14)11(3,4)5/h9,15H,7-8H2,1-6H3,(H,13,14). The topological polar surface area (TPSA) is 49.3 Å². The number of nitrogens with one attached hydrogen (secondary N) is 1. The van der Waals surface area contributed by atoms with E-state index in [2.05, 4.69) is 19.2 Å². The fourth-order valence-corrected chi connectivity index (χ4v) is 1.49. The number of rotatable bonds is 4. The van der Waals surface area contributed by atoms with Gasteiger partial charge >= 0.3 is 0 Å². The SMILES string of the molecule is CC(C)CC(C)(O)CNC(=O)C(C)(C)C. The van der Waals surface area contributed by atoms with Crippen molar-refractivity contribution in [1.29, 1.82) is 0 Å². The minimum absolute atomic E-state index is 0.0217. The van der Waals surface area contributed by atoms with E-state index in [4.69, 9.17) is 0 Å². The summed E-state index contributed by atoms with van der Waals surface area (Å²) in [6, 6.07) is 0. The Labute approximate surface area is 93.3 Å². The zero-order chi connectivity index (χ0) is 12.3. The summed E-state index contributed by atoms with van der Waals surface area (Å²) in [5.41, 5.74) is -1.21. The van der Waals surface area contributed by atoms with Gasteiger partial charge in [0.25, 0.3) is 0 Å². The smallest absolute Gasteiger partial charge is 0.225 e. The maximum atomic E-state index is 11.6. The molecule has 0 radical (unpaired) electrons. The van der Waals surface area contributed by atoms with Crippen molar-refractivity contribution in [1.82, 2.24) is 5.32 Å². The molecule has 0 aromatic heterocycles. The molecule has 1 atom stereocenters. The van der Waals surface area contributed by atoms with Gasteiger partial charge in [-0.05, 0) is 19.3 Å². The van der Waals surface area contributed by atoms with Crippen LogP contribution < -0.4 is 5.32 Å². The van der Waals surface area contributed by atoms with Crippen molar-refractivity contribution >= 4 is 5.91 Å². The predicted octanol–water partition coefficient (Wildman–Crippen LogP) is 1.95. The van der Waals surface area contributed by atoms with E-state index in [9.17, 15) is 9.90 Å². The van der Waals surface area contributed by atoms with E-state index < -0.39 is 11.0 Å². The highest BCUT2D eigenvalue weighted by Crippen LogP contribution is 2.17. The van der Waals surface area contributed by atoms with E-state index in [1.807, 2.05) is 20.8 Å². The van der Waals surface area contributed by atoms with Crippen LogP contribution in [-0.4, -0.2) is 23.2 Å². The molecule has 0 aliphatic carbocycles. The molecular formula is C12H25NO2. The largest absolute Gasteiger partial charge is 0.388 e. The zero-order valence-electron chi connectivity index (χ0n) is 10.8. The molecule has 0 aromatic carbocycles. The maximum Gasteiger partial charge on any atom is 0.225 e. The number of carbonyl (C=O) groups excluding carboxylic acids is 1. The van der Waals surface area contributed by atoms with Crippen molar-refractivity contribution in [2.24, 2.45) is 11.3 Å². The number of carbonyl (C=O) groups is 1. The first-order chi connectivity index (χ1) is 6.54. The molecule has 0 spiro atoms. The van der Waals surface area contributed by atoms with Gasteiger partial charge in [0.2, 0.25) is 5.91 Å². The third-order valence-corrected chi connectivity index (χ3v) is 2.16. The number of hydrogen-bond donors (Lipinski definition) is 2. The van der Waals surface area contributed by atoms with Gasteiger partial charge in [-0.2, -0.15) is 0 Å². The van der Waals surface area contributed by atoms with Crippen LogP contribution in [0.15, 0.2) is 0 Å². The average molecular weight is 215 g/mol. The third-order valence-electron chi connectivity index (χ3n) is 2.16. The van der Waals surface area contributed by atoms with Crippen LogP contribution >= 0.6 is 0 Å². The lowest BCUT2D eigenvalue weighted by molar-refractivity contribution is -0.129. The second kappa shape index (κ2) is 4.97. The molecule has 0 aliphatic rings. The Bertz CT molecular complexity index is 214. The fourth-order valence-electron chi connectivity index (χ4n) is 1.49. The van der Waals surface area contributed by atoms with Crippen molar-refractivity contribution in [2.45, 2.75) is 53.6 Å². The van der Waals surface area contributed by atoms with Gasteiger partial charge in [0.15, 0.2) is 0 Å². The first-order valence-electron chi connectivity index (χ1n) is 5.55. The molecule has 1 amide bonds. The summed E-state index contributed by atoms with van der Waals surface area (Å²) in [6.45, 7) is 11.8. The summed E-state index contributed by atoms with van der Waals surface area (Å²) in [7, 11) is 0. The van der Waals surface area contributed by atoms with E-state index in [1.165, 1.54) is 0 Å². The highest BCUT2D eigenvalue weighted by atomic mass is 16.3. The normalized spacial score (nSPS) is 16.3. The minimum Gasteiger partial charge on any atom is -0.388 e. The fraction of sp³-hybridized carbons (Fsp3) is 0.917. The van der Waals surface area contributed by atoms with Crippen LogP contribution in [0, 0.1) is 11.3 Å². The van der Waals surface area contributed by atoms with E-state index in [0.717, 1.165) is 0 Å². The molecule has 3 nitrogen and oxygen atoms in total. The first kappa shape index (κ1) is 14.4. The lowest BCUT2D eigenvalue weighted by atomic mass is 9.92. The van der Waals surface area contributed by atoms with Crippen molar-refractivity contribution in [2.75, 3.05) is 6.54 Å². The van der Waals surface area contributed by atoms with Crippen LogP contribution in [-0.2, 0) is 4.79 Å². The van der Waals surface area contributed by atoms with Crippen molar-refractivity contribution in [3.05, 3.63) is 0 Å². The molecule has 0 fully saturated rings. The van der Waals surface area contributed by atoms with Gasteiger partial charge in [-0.1, -0.05) is 34.6 Å². The number of aliphatic hydroxyl groups is 1. The summed E-state index contributed by atoms with van der Waals surface area (Å²) in [5, 5.41) is 12.8. The molecule has 0 aliphatic heterocycles. The second-order valence-electron chi connectivity index (χ2n) is 6.03. The van der Waals surface area contributed by atoms with Gasteiger partial charge in [-0.15, -0.1) is 0 Å². The summed E-state index contributed by atoms with van der Waals surface area (Å²) in [5.74, 6) is 0.401. The molecule has 3 heteroatoms. The van der Waals surface area contributed by atoms with Gasteiger partial charge in [-0.3, -0.25) is 4.79 Å². The van der Waals surface area contributed by atoms with Gasteiger partial charge in [0.05, 0.1) is 5.60 Å². The Morgan fingerprint density at radius 1 is 1.27 bits per heavy atom. The molecule has 0 heterocycles. The predicted molar refractivity (Wildman–Crippen MR) is 62.5 cm³/mol. The molecule has 0 saturated heterocycles. The van der Waals surface area contributed by atoms with Crippen LogP contribution in [0.25, 0.3) is 0 Å². The molecule has 15 heavy (non-hydrogen) atoms. The lowest BCUT2D eigenvalue weighted by Crippen LogP contribution is -2.45. The maximum absolute atomic E-state index is 11.6. The number of amides is 1. The Balaban J connectivity index is 4.10. The van der Waals surface area contributed by atoms with Gasteiger partial charge < -0.3 is 10.4 Å². The molecule has 2 N–H and O–H groups in total. The molecular weight excluding hydrogens is 190 g/mol. The Morgan fingerprint density at radius 2 is 1.73 bits per heavy atom. The van der Waals surface area contributed by atoms with Gasteiger partial charge in [0, 0.05) is 12.0 Å². The van der Waals surface area contributed by atoms with Crippen LogP contribution in [0.1, 0.15) is 48.0 Å². The van der Waals surface area contributed by atoms with Gasteiger partial charge in [0.1, 0.15) is 0 Å². The van der Waals surface area contributed by atoms with Crippen LogP contribution in [0.3, 0.4) is 0 Å². The van der Waals surface area contributed by atoms with E-state index >= 15 is 0 Å². The van der Waals surface area contributed by atoms with Crippen molar-refractivity contribution in [3.63, 3.8) is 0 Å². The molecule has 0 saturated carbocycles. The van der Waals surface area contributed by atoms with E-state index in [1.54, 1.807) is 6.92 Å². The van der Waals surface area contributed by atoms with E-state index in [-0.39, 0.29) is 5.91 Å². The quantitative estimate of drug-likeness (QED) is 0.753. The van der Waals surface area contributed by atoms with Crippen LogP contribution in [0.4, 0.5) is 0 Å². The Kier molecular flexibility index (Phi) is 4.78. The third kappa shape index (κ3) is 6.50.